The fraction of sp³-hybridized carbons (Fsp3) is 0.571. The van der Waals surface area contributed by atoms with E-state index in [0.29, 0.717) is 0 Å². The molecule has 2 aromatic carbocycles. The lowest BCUT2D eigenvalue weighted by Crippen LogP contribution is -3.62. The van der Waals surface area contributed by atoms with E-state index in [2.05, 4.69) is 64.1 Å². The molecular formula is C28H42I+. The summed E-state index contributed by atoms with van der Waals surface area (Å²) in [5.74, 6) is 0. The first kappa shape index (κ1) is 24.4. The van der Waals surface area contributed by atoms with Crippen LogP contribution < -0.4 is 21.2 Å². The maximum atomic E-state index is 2.54. The summed E-state index contributed by atoms with van der Waals surface area (Å²) < 4.78 is 3.33. The van der Waals surface area contributed by atoms with E-state index in [9.17, 15) is 0 Å². The second kappa shape index (κ2) is 14.2. The van der Waals surface area contributed by atoms with Gasteiger partial charge in [0.25, 0.3) is 0 Å². The molecule has 0 heterocycles. The van der Waals surface area contributed by atoms with Crippen molar-refractivity contribution in [2.75, 3.05) is 0 Å². The second-order valence-electron chi connectivity index (χ2n) is 8.36. The Hall–Kier alpha value is -0.830. The first-order chi connectivity index (χ1) is 14.2. The van der Waals surface area contributed by atoms with E-state index in [1.54, 1.807) is 29.4 Å². The van der Waals surface area contributed by atoms with Crippen LogP contribution in [-0.2, 0) is 25.7 Å². The number of benzene rings is 2. The molecular weight excluding hydrogens is 463 g/mol. The molecule has 0 aliphatic rings. The fourth-order valence-corrected chi connectivity index (χ4v) is 6.63. The summed E-state index contributed by atoms with van der Waals surface area (Å²) in [6.45, 7) is 9.21. The molecule has 0 N–H and O–H groups in total. The van der Waals surface area contributed by atoms with Gasteiger partial charge in [0.2, 0.25) is 0 Å². The molecule has 0 aromatic heterocycles. The lowest BCUT2D eigenvalue weighted by molar-refractivity contribution is -0.599. The molecule has 0 nitrogen and oxygen atoms in total. The van der Waals surface area contributed by atoms with Crippen molar-refractivity contribution in [1.29, 1.82) is 0 Å². The van der Waals surface area contributed by atoms with Crippen LogP contribution >= 0.6 is 0 Å². The number of hydrogen-bond donors (Lipinski definition) is 0. The third-order valence-electron chi connectivity index (χ3n) is 5.66. The van der Waals surface area contributed by atoms with Gasteiger partial charge in [-0.05, 0) is 74.6 Å². The van der Waals surface area contributed by atoms with Gasteiger partial charge < -0.3 is 0 Å². The minimum Gasteiger partial charge on any atom is -0.0654 e. The molecule has 0 amide bonds. The predicted octanol–water partition coefficient (Wildman–Crippen LogP) is 5.19. The molecule has 0 radical (unpaired) electrons. The number of halogens is 1. The molecule has 0 saturated heterocycles. The Balaban J connectivity index is 2.27. The molecule has 1 heteroatoms. The Kier molecular flexibility index (Phi) is 12.0. The van der Waals surface area contributed by atoms with Crippen LogP contribution in [0.1, 0.15) is 101 Å². The molecule has 29 heavy (non-hydrogen) atoms. The number of hydrogen-bond acceptors (Lipinski definition) is 0. The van der Waals surface area contributed by atoms with Gasteiger partial charge in [0, 0.05) is 11.1 Å². The van der Waals surface area contributed by atoms with Crippen LogP contribution in [0.4, 0.5) is 0 Å². The topological polar surface area (TPSA) is 0 Å². The molecule has 0 aliphatic carbocycles. The highest BCUT2D eigenvalue weighted by Crippen LogP contribution is 2.14. The Morgan fingerprint density at radius 3 is 1.28 bits per heavy atom. The van der Waals surface area contributed by atoms with E-state index in [4.69, 9.17) is 0 Å². The summed E-state index contributed by atoms with van der Waals surface area (Å²) in [7, 11) is 0. The van der Waals surface area contributed by atoms with Crippen LogP contribution in [0.2, 0.25) is 0 Å². The highest BCUT2D eigenvalue weighted by atomic mass is 127. The fourth-order valence-electron chi connectivity index (χ4n) is 3.74. The Morgan fingerprint density at radius 2 is 0.897 bits per heavy atom. The monoisotopic (exact) mass is 505 g/mol. The van der Waals surface area contributed by atoms with Gasteiger partial charge in [-0.1, -0.05) is 77.6 Å². The van der Waals surface area contributed by atoms with Crippen molar-refractivity contribution in [3.63, 3.8) is 0 Å². The Morgan fingerprint density at radius 1 is 0.517 bits per heavy atom. The van der Waals surface area contributed by atoms with E-state index in [1.165, 1.54) is 77.0 Å². The lowest BCUT2D eigenvalue weighted by atomic mass is 10.0. The van der Waals surface area contributed by atoms with Gasteiger partial charge >= 0.3 is 21.2 Å². The third-order valence-corrected chi connectivity index (χ3v) is 8.93. The van der Waals surface area contributed by atoms with Crippen molar-refractivity contribution in [3.8, 4) is 0 Å². The van der Waals surface area contributed by atoms with E-state index in [0.717, 1.165) is 0 Å². The van der Waals surface area contributed by atoms with Crippen LogP contribution in [0.3, 0.4) is 0 Å². The zero-order valence-electron chi connectivity index (χ0n) is 19.3. The summed E-state index contributed by atoms with van der Waals surface area (Å²) in [5.41, 5.74) is 6.38. The maximum absolute atomic E-state index is 2.54. The van der Waals surface area contributed by atoms with Crippen LogP contribution in [0.5, 0.6) is 0 Å². The van der Waals surface area contributed by atoms with E-state index in [-0.39, 0.29) is 21.2 Å². The Labute approximate surface area is 191 Å². The summed E-state index contributed by atoms with van der Waals surface area (Å²) in [5, 5.41) is 0. The van der Waals surface area contributed by atoms with Gasteiger partial charge in [-0.25, -0.2) is 0 Å². The standard InChI is InChI=1S/C28H42I/c1-5-9-13-23-17-19-27(25(21-23)15-11-7-3)29-28-20-18-24(14-10-6-2)22-26(28)16-12-8-4/h17-22H,5-16H2,1-4H3/q+1. The molecule has 0 saturated carbocycles. The van der Waals surface area contributed by atoms with Gasteiger partial charge in [0.15, 0.2) is 7.14 Å². The quantitative estimate of drug-likeness (QED) is 0.310. The predicted molar refractivity (Wildman–Crippen MR) is 125 cm³/mol. The van der Waals surface area contributed by atoms with Gasteiger partial charge in [-0.2, -0.15) is 0 Å². The summed E-state index contributed by atoms with van der Waals surface area (Å²) in [6, 6.07) is 14.9. The second-order valence-corrected chi connectivity index (χ2v) is 11.2. The van der Waals surface area contributed by atoms with E-state index >= 15 is 0 Å². The van der Waals surface area contributed by atoms with Crippen molar-refractivity contribution in [2.45, 2.75) is 105 Å². The van der Waals surface area contributed by atoms with Gasteiger partial charge in [0.05, 0.1) is 0 Å². The molecule has 0 aliphatic heterocycles. The minimum atomic E-state index is -0.103. The van der Waals surface area contributed by atoms with Crippen LogP contribution in [-0.4, -0.2) is 0 Å². The Bertz CT molecular complexity index is 655. The third kappa shape index (κ3) is 8.44. The van der Waals surface area contributed by atoms with Crippen molar-refractivity contribution in [1.82, 2.24) is 0 Å². The van der Waals surface area contributed by atoms with E-state index < -0.39 is 0 Å². The molecule has 0 unspecified atom stereocenters. The highest BCUT2D eigenvalue weighted by Gasteiger charge is 2.23. The molecule has 2 aromatic rings. The smallest absolute Gasteiger partial charge is 0.0654 e. The van der Waals surface area contributed by atoms with Crippen LogP contribution in [0.15, 0.2) is 36.4 Å². The minimum absolute atomic E-state index is 0.103. The molecule has 0 bridgehead atoms. The molecule has 2 rings (SSSR count). The first-order valence-electron chi connectivity index (χ1n) is 12.1. The first-order valence-corrected chi connectivity index (χ1v) is 14.3. The summed E-state index contributed by atoms with van der Waals surface area (Å²) >= 11 is -0.103. The maximum Gasteiger partial charge on any atom is 0.358 e. The van der Waals surface area contributed by atoms with Crippen molar-refractivity contribution < 1.29 is 21.2 Å². The highest BCUT2D eigenvalue weighted by molar-refractivity contribution is 5.26. The average Bonchev–Trinajstić information content (AvgIpc) is 2.75. The zero-order chi connectivity index (χ0) is 20.9. The zero-order valence-corrected chi connectivity index (χ0v) is 21.5. The summed E-state index contributed by atoms with van der Waals surface area (Å²) in [6.07, 6.45) is 15.4. The van der Waals surface area contributed by atoms with Crippen molar-refractivity contribution in [3.05, 3.63) is 65.8 Å². The van der Waals surface area contributed by atoms with Crippen LogP contribution in [0.25, 0.3) is 0 Å². The lowest BCUT2D eigenvalue weighted by Gasteiger charge is -2.08. The van der Waals surface area contributed by atoms with E-state index in [1.807, 2.05) is 0 Å². The van der Waals surface area contributed by atoms with Crippen molar-refractivity contribution in [2.24, 2.45) is 0 Å². The van der Waals surface area contributed by atoms with Crippen molar-refractivity contribution >= 4 is 0 Å². The van der Waals surface area contributed by atoms with Gasteiger partial charge in [-0.15, -0.1) is 0 Å². The number of aryl methyl sites for hydroxylation is 4. The summed E-state index contributed by atoms with van der Waals surface area (Å²) in [4.78, 5) is 0. The molecule has 160 valence electrons. The normalized spacial score (nSPS) is 11.2. The van der Waals surface area contributed by atoms with Crippen LogP contribution in [0, 0.1) is 7.14 Å². The molecule has 0 spiro atoms. The number of rotatable bonds is 14. The molecule has 0 atom stereocenters. The number of unbranched alkanes of at least 4 members (excludes halogenated alkanes) is 4. The molecule has 0 fully saturated rings. The SMILES string of the molecule is CCCCc1ccc([I+]c2ccc(CCCC)cc2CCCC)c(CCCC)c1. The van der Waals surface area contributed by atoms with Gasteiger partial charge in [0.1, 0.15) is 0 Å². The average molecular weight is 506 g/mol. The van der Waals surface area contributed by atoms with Gasteiger partial charge in [-0.3, -0.25) is 0 Å². The largest absolute Gasteiger partial charge is 0.358 e.